The minimum Gasteiger partial charge on any atom is -0.508 e. The number of hydrogen-bond acceptors (Lipinski definition) is 2. The van der Waals surface area contributed by atoms with E-state index in [9.17, 15) is 10.2 Å². The van der Waals surface area contributed by atoms with Crippen LogP contribution in [0.25, 0.3) is 0 Å². The molecule has 0 heterocycles. The molecule has 2 aromatic rings. The van der Waals surface area contributed by atoms with Crippen molar-refractivity contribution in [1.82, 2.24) is 0 Å². The SMILES string of the molecule is C[C@@H](C#CCCCc1ccccc1)[C@@](C)(O)c1cccc(O)c1. The van der Waals surface area contributed by atoms with Crippen molar-refractivity contribution in [2.45, 2.75) is 38.7 Å². The number of hydrogen-bond donors (Lipinski definition) is 2. The van der Waals surface area contributed by atoms with Crippen molar-refractivity contribution in [1.29, 1.82) is 0 Å². The topological polar surface area (TPSA) is 40.5 Å². The van der Waals surface area contributed by atoms with Gasteiger partial charge in [0, 0.05) is 6.42 Å². The number of aryl methyl sites for hydroxylation is 1. The molecule has 0 fully saturated rings. The first-order valence-corrected chi connectivity index (χ1v) is 8.04. The lowest BCUT2D eigenvalue weighted by atomic mass is 9.84. The van der Waals surface area contributed by atoms with Gasteiger partial charge in [0.2, 0.25) is 0 Å². The fourth-order valence-corrected chi connectivity index (χ4v) is 2.46. The Balaban J connectivity index is 1.90. The molecule has 0 spiro atoms. The van der Waals surface area contributed by atoms with E-state index in [1.165, 1.54) is 5.56 Å². The second-order valence-corrected chi connectivity index (χ2v) is 6.08. The summed E-state index contributed by atoms with van der Waals surface area (Å²) in [6.45, 7) is 3.65. The Bertz CT molecular complexity index is 678. The molecule has 0 aliphatic rings. The maximum Gasteiger partial charge on any atom is 0.115 e. The normalized spacial score (nSPS) is 14.4. The van der Waals surface area contributed by atoms with Crippen LogP contribution in [0.15, 0.2) is 54.6 Å². The van der Waals surface area contributed by atoms with Gasteiger partial charge in [0.1, 0.15) is 11.4 Å². The lowest BCUT2D eigenvalue weighted by Crippen LogP contribution is -2.28. The highest BCUT2D eigenvalue weighted by Crippen LogP contribution is 2.30. The molecule has 0 bridgehead atoms. The van der Waals surface area contributed by atoms with Gasteiger partial charge in [-0.1, -0.05) is 48.4 Å². The highest BCUT2D eigenvalue weighted by molar-refractivity contribution is 5.32. The first kappa shape index (κ1) is 17.1. The van der Waals surface area contributed by atoms with Crippen LogP contribution in [0.1, 0.15) is 37.8 Å². The summed E-state index contributed by atoms with van der Waals surface area (Å²) in [4.78, 5) is 0. The lowest BCUT2D eigenvalue weighted by Gasteiger charge is -2.27. The first-order chi connectivity index (χ1) is 11.0. The molecule has 0 saturated heterocycles. The molecule has 2 rings (SSSR count). The van der Waals surface area contributed by atoms with Gasteiger partial charge in [-0.25, -0.2) is 0 Å². The Labute approximate surface area is 138 Å². The average molecular weight is 308 g/mol. The molecule has 0 aliphatic heterocycles. The Morgan fingerprint density at radius 1 is 1.09 bits per heavy atom. The molecule has 0 aliphatic carbocycles. The summed E-state index contributed by atoms with van der Waals surface area (Å²) in [5, 5.41) is 20.3. The fraction of sp³-hybridized carbons (Fsp3) is 0.333. The van der Waals surface area contributed by atoms with E-state index >= 15 is 0 Å². The third-order valence-corrected chi connectivity index (χ3v) is 4.20. The van der Waals surface area contributed by atoms with E-state index in [1.54, 1.807) is 25.1 Å². The maximum atomic E-state index is 10.7. The quantitative estimate of drug-likeness (QED) is 0.640. The van der Waals surface area contributed by atoms with Gasteiger partial charge in [-0.3, -0.25) is 0 Å². The van der Waals surface area contributed by atoms with Crippen molar-refractivity contribution < 1.29 is 10.2 Å². The van der Waals surface area contributed by atoms with Crippen LogP contribution < -0.4 is 0 Å². The van der Waals surface area contributed by atoms with Gasteiger partial charge < -0.3 is 10.2 Å². The third kappa shape index (κ3) is 4.87. The molecular weight excluding hydrogens is 284 g/mol. The molecule has 0 unspecified atom stereocenters. The fourth-order valence-electron chi connectivity index (χ4n) is 2.46. The van der Waals surface area contributed by atoms with E-state index in [0.717, 1.165) is 19.3 Å². The predicted octanol–water partition coefficient (Wildman–Crippen LogP) is 4.26. The summed E-state index contributed by atoms with van der Waals surface area (Å²) in [6, 6.07) is 17.1. The van der Waals surface area contributed by atoms with Crippen LogP contribution in [-0.4, -0.2) is 10.2 Å². The van der Waals surface area contributed by atoms with Gasteiger partial charge in [0.25, 0.3) is 0 Å². The summed E-state index contributed by atoms with van der Waals surface area (Å²) >= 11 is 0. The summed E-state index contributed by atoms with van der Waals surface area (Å²) in [7, 11) is 0. The van der Waals surface area contributed by atoms with E-state index in [-0.39, 0.29) is 11.7 Å². The number of phenols is 1. The summed E-state index contributed by atoms with van der Waals surface area (Å²) in [5.41, 5.74) is 0.934. The number of aliphatic hydroxyl groups is 1. The monoisotopic (exact) mass is 308 g/mol. The van der Waals surface area contributed by atoms with Crippen molar-refractivity contribution in [3.8, 4) is 17.6 Å². The highest BCUT2D eigenvalue weighted by Gasteiger charge is 2.29. The maximum absolute atomic E-state index is 10.7. The van der Waals surface area contributed by atoms with Crippen molar-refractivity contribution in [2.75, 3.05) is 0 Å². The smallest absolute Gasteiger partial charge is 0.115 e. The number of unbranched alkanes of at least 4 members (excludes halogenated alkanes) is 1. The van der Waals surface area contributed by atoms with Gasteiger partial charge in [-0.15, -0.1) is 5.92 Å². The highest BCUT2D eigenvalue weighted by atomic mass is 16.3. The van der Waals surface area contributed by atoms with Crippen LogP contribution in [0.3, 0.4) is 0 Å². The molecule has 0 radical (unpaired) electrons. The Hall–Kier alpha value is -2.24. The van der Waals surface area contributed by atoms with Crippen molar-refractivity contribution in [2.24, 2.45) is 5.92 Å². The van der Waals surface area contributed by atoms with Crippen LogP contribution in [0, 0.1) is 17.8 Å². The van der Waals surface area contributed by atoms with Gasteiger partial charge in [0.15, 0.2) is 0 Å². The average Bonchev–Trinajstić information content (AvgIpc) is 2.55. The van der Waals surface area contributed by atoms with Crippen molar-refractivity contribution >= 4 is 0 Å². The summed E-state index contributed by atoms with van der Waals surface area (Å²) in [5.74, 6) is 6.27. The van der Waals surface area contributed by atoms with Crippen LogP contribution in [-0.2, 0) is 12.0 Å². The van der Waals surface area contributed by atoms with Gasteiger partial charge in [-0.05, 0) is 49.9 Å². The van der Waals surface area contributed by atoms with Gasteiger partial charge >= 0.3 is 0 Å². The van der Waals surface area contributed by atoms with E-state index in [4.69, 9.17) is 0 Å². The molecule has 0 amide bonds. The second-order valence-electron chi connectivity index (χ2n) is 6.08. The number of rotatable bonds is 5. The summed E-state index contributed by atoms with van der Waals surface area (Å²) < 4.78 is 0. The lowest BCUT2D eigenvalue weighted by molar-refractivity contribution is 0.0237. The first-order valence-electron chi connectivity index (χ1n) is 8.04. The summed E-state index contributed by atoms with van der Waals surface area (Å²) in [6.07, 6.45) is 2.85. The van der Waals surface area contributed by atoms with Crippen molar-refractivity contribution in [3.63, 3.8) is 0 Å². The zero-order chi connectivity index (χ0) is 16.7. The molecule has 120 valence electrons. The van der Waals surface area contributed by atoms with E-state index in [2.05, 4.69) is 36.1 Å². The zero-order valence-corrected chi connectivity index (χ0v) is 13.8. The number of aromatic hydroxyl groups is 1. The molecule has 23 heavy (non-hydrogen) atoms. The minimum absolute atomic E-state index is 0.158. The number of phenolic OH excluding ortho intramolecular Hbond substituents is 1. The standard InChI is InChI=1S/C21H24O2/c1-17(21(2,23)19-14-9-15-20(22)16-19)10-5-3-6-11-18-12-7-4-8-13-18/h4,7-9,12-17,22-23H,3,6,11H2,1-2H3/t17-,21+/m0/s1. The van der Waals surface area contributed by atoms with Crippen LogP contribution in [0.5, 0.6) is 5.75 Å². The Morgan fingerprint density at radius 3 is 2.52 bits per heavy atom. The predicted molar refractivity (Wildman–Crippen MR) is 94.0 cm³/mol. The molecule has 0 aromatic heterocycles. The number of benzene rings is 2. The van der Waals surface area contributed by atoms with Gasteiger partial charge in [-0.2, -0.15) is 0 Å². The van der Waals surface area contributed by atoms with Gasteiger partial charge in [0.05, 0.1) is 5.92 Å². The van der Waals surface area contributed by atoms with Crippen LogP contribution in [0.2, 0.25) is 0 Å². The van der Waals surface area contributed by atoms with Crippen molar-refractivity contribution in [3.05, 3.63) is 65.7 Å². The molecule has 2 aromatic carbocycles. The molecular formula is C21H24O2. The molecule has 0 saturated carbocycles. The van der Waals surface area contributed by atoms with E-state index < -0.39 is 5.60 Å². The third-order valence-electron chi connectivity index (χ3n) is 4.20. The minimum atomic E-state index is -1.08. The largest absolute Gasteiger partial charge is 0.508 e. The van der Waals surface area contributed by atoms with E-state index in [1.807, 2.05) is 19.1 Å². The zero-order valence-electron chi connectivity index (χ0n) is 13.8. The Kier molecular flexibility index (Phi) is 5.84. The Morgan fingerprint density at radius 2 is 1.83 bits per heavy atom. The molecule has 2 atom stereocenters. The van der Waals surface area contributed by atoms with Crippen LogP contribution in [0.4, 0.5) is 0 Å². The van der Waals surface area contributed by atoms with E-state index in [0.29, 0.717) is 5.56 Å². The van der Waals surface area contributed by atoms with Crippen LogP contribution >= 0.6 is 0 Å². The molecule has 2 N–H and O–H groups in total. The molecule has 2 nitrogen and oxygen atoms in total. The second kappa shape index (κ2) is 7.85. The molecule has 2 heteroatoms.